The van der Waals surface area contributed by atoms with Crippen LogP contribution in [0.5, 0.6) is 11.5 Å². The number of hydrogen-bond acceptors (Lipinski definition) is 5. The van der Waals surface area contributed by atoms with Gasteiger partial charge in [-0.25, -0.2) is 9.50 Å². The zero-order chi connectivity index (χ0) is 17.3. The fraction of sp³-hybridized carbons (Fsp3) is 0.235. The minimum atomic E-state index is -0.294. The molecule has 0 bridgehead atoms. The quantitative estimate of drug-likeness (QED) is 0.797. The van der Waals surface area contributed by atoms with Gasteiger partial charge >= 0.3 is 0 Å². The third kappa shape index (κ3) is 2.88. The van der Waals surface area contributed by atoms with Gasteiger partial charge in [-0.3, -0.25) is 4.79 Å². The molecule has 1 amide bonds. The van der Waals surface area contributed by atoms with Crippen molar-refractivity contribution >= 4 is 17.2 Å². The monoisotopic (exact) mass is 326 g/mol. The Bertz CT molecular complexity index is 895. The number of amides is 1. The van der Waals surface area contributed by atoms with Crippen LogP contribution in [0.15, 0.2) is 30.5 Å². The highest BCUT2D eigenvalue weighted by Gasteiger charge is 2.16. The first-order valence-electron chi connectivity index (χ1n) is 7.38. The van der Waals surface area contributed by atoms with Crippen LogP contribution in [0.2, 0.25) is 0 Å². The SMILES string of the molecule is COc1cc(NC(=O)c2cnn3c(C)cc(C)nc23)cc(OC)c1. The molecule has 2 heterocycles. The van der Waals surface area contributed by atoms with Gasteiger partial charge in [0.25, 0.3) is 5.91 Å². The summed E-state index contributed by atoms with van der Waals surface area (Å²) >= 11 is 0. The number of methoxy groups -OCH3 is 2. The molecular weight excluding hydrogens is 308 g/mol. The molecule has 0 saturated carbocycles. The molecule has 2 aromatic heterocycles. The molecule has 7 heteroatoms. The molecule has 3 aromatic rings. The van der Waals surface area contributed by atoms with Gasteiger partial charge in [-0.15, -0.1) is 0 Å². The van der Waals surface area contributed by atoms with Gasteiger partial charge in [0.2, 0.25) is 0 Å². The predicted octanol–water partition coefficient (Wildman–Crippen LogP) is 2.62. The number of carbonyl (C=O) groups is 1. The van der Waals surface area contributed by atoms with Crippen molar-refractivity contribution in [2.24, 2.45) is 0 Å². The van der Waals surface area contributed by atoms with Gasteiger partial charge in [-0.05, 0) is 19.9 Å². The predicted molar refractivity (Wildman–Crippen MR) is 90.0 cm³/mol. The molecule has 0 unspecified atom stereocenters. The van der Waals surface area contributed by atoms with Gasteiger partial charge in [0.15, 0.2) is 5.65 Å². The summed E-state index contributed by atoms with van der Waals surface area (Å²) in [6.45, 7) is 3.80. The fourth-order valence-corrected chi connectivity index (χ4v) is 2.51. The van der Waals surface area contributed by atoms with Gasteiger partial charge in [0.05, 0.1) is 20.4 Å². The van der Waals surface area contributed by atoms with Crippen molar-refractivity contribution in [1.29, 1.82) is 0 Å². The van der Waals surface area contributed by atoms with E-state index >= 15 is 0 Å². The Labute approximate surface area is 139 Å². The number of carbonyl (C=O) groups excluding carboxylic acids is 1. The maximum atomic E-state index is 12.6. The Morgan fingerprint density at radius 1 is 1.08 bits per heavy atom. The second-order valence-electron chi connectivity index (χ2n) is 5.39. The van der Waals surface area contributed by atoms with Crippen molar-refractivity contribution in [3.63, 3.8) is 0 Å². The van der Waals surface area contributed by atoms with Gasteiger partial charge in [-0.2, -0.15) is 5.10 Å². The molecule has 0 atom stereocenters. The normalized spacial score (nSPS) is 10.7. The highest BCUT2D eigenvalue weighted by molar-refractivity contribution is 6.08. The third-order valence-corrected chi connectivity index (χ3v) is 3.63. The lowest BCUT2D eigenvalue weighted by molar-refractivity contribution is 0.102. The lowest BCUT2D eigenvalue weighted by atomic mass is 10.2. The molecule has 0 fully saturated rings. The Morgan fingerprint density at radius 3 is 2.38 bits per heavy atom. The Kier molecular flexibility index (Phi) is 4.07. The summed E-state index contributed by atoms with van der Waals surface area (Å²) in [5, 5.41) is 7.07. The second kappa shape index (κ2) is 6.19. The van der Waals surface area contributed by atoms with Crippen LogP contribution in [0.1, 0.15) is 21.7 Å². The molecule has 0 radical (unpaired) electrons. The van der Waals surface area contributed by atoms with E-state index in [4.69, 9.17) is 9.47 Å². The number of nitrogens with zero attached hydrogens (tertiary/aromatic N) is 3. The lowest BCUT2D eigenvalue weighted by Gasteiger charge is -2.09. The van der Waals surface area contributed by atoms with E-state index in [9.17, 15) is 4.79 Å². The van der Waals surface area contributed by atoms with Crippen LogP contribution >= 0.6 is 0 Å². The van der Waals surface area contributed by atoms with E-state index in [-0.39, 0.29) is 5.91 Å². The minimum Gasteiger partial charge on any atom is -0.497 e. The average Bonchev–Trinajstić information content (AvgIpc) is 2.98. The lowest BCUT2D eigenvalue weighted by Crippen LogP contribution is -2.12. The molecule has 124 valence electrons. The van der Waals surface area contributed by atoms with Crippen LogP contribution in [-0.4, -0.2) is 34.7 Å². The molecule has 1 aromatic carbocycles. The van der Waals surface area contributed by atoms with Gasteiger partial charge in [0.1, 0.15) is 17.1 Å². The molecule has 0 aliphatic heterocycles. The number of benzene rings is 1. The summed E-state index contributed by atoms with van der Waals surface area (Å²) in [6, 6.07) is 7.08. The summed E-state index contributed by atoms with van der Waals surface area (Å²) in [6.07, 6.45) is 1.52. The number of anilines is 1. The van der Waals surface area contributed by atoms with E-state index in [1.165, 1.54) is 6.20 Å². The van der Waals surface area contributed by atoms with Crippen molar-refractivity contribution in [2.75, 3.05) is 19.5 Å². The number of aryl methyl sites for hydroxylation is 2. The largest absolute Gasteiger partial charge is 0.497 e. The molecule has 3 rings (SSSR count). The number of rotatable bonds is 4. The van der Waals surface area contributed by atoms with Crippen molar-refractivity contribution in [3.8, 4) is 11.5 Å². The van der Waals surface area contributed by atoms with Crippen molar-refractivity contribution in [2.45, 2.75) is 13.8 Å². The number of nitrogens with one attached hydrogen (secondary N) is 1. The average molecular weight is 326 g/mol. The Hall–Kier alpha value is -3.09. The number of hydrogen-bond donors (Lipinski definition) is 1. The summed E-state index contributed by atoms with van der Waals surface area (Å²) in [4.78, 5) is 17.0. The Balaban J connectivity index is 1.96. The number of ether oxygens (including phenoxy) is 2. The molecule has 0 saturated heterocycles. The van der Waals surface area contributed by atoms with Crippen molar-refractivity contribution in [1.82, 2.24) is 14.6 Å². The highest BCUT2D eigenvalue weighted by Crippen LogP contribution is 2.26. The summed E-state index contributed by atoms with van der Waals surface area (Å²) in [7, 11) is 3.11. The molecule has 0 aliphatic rings. The van der Waals surface area contributed by atoms with Crippen LogP contribution in [0.3, 0.4) is 0 Å². The summed E-state index contributed by atoms with van der Waals surface area (Å²) < 4.78 is 12.1. The van der Waals surface area contributed by atoms with Crippen LogP contribution in [0.25, 0.3) is 5.65 Å². The van der Waals surface area contributed by atoms with E-state index in [1.54, 1.807) is 36.9 Å². The van der Waals surface area contributed by atoms with Gasteiger partial charge in [-0.1, -0.05) is 0 Å². The second-order valence-corrected chi connectivity index (χ2v) is 5.39. The standard InChI is InChI=1S/C17H18N4O3/c1-10-5-11(2)21-16(19-10)15(9-18-21)17(22)20-12-6-13(23-3)8-14(7-12)24-4/h5-9H,1-4H3,(H,20,22). The first-order valence-corrected chi connectivity index (χ1v) is 7.38. The summed E-state index contributed by atoms with van der Waals surface area (Å²) in [5.41, 5.74) is 3.25. The molecule has 1 N–H and O–H groups in total. The Morgan fingerprint density at radius 2 is 1.75 bits per heavy atom. The third-order valence-electron chi connectivity index (χ3n) is 3.63. The highest BCUT2D eigenvalue weighted by atomic mass is 16.5. The van der Waals surface area contributed by atoms with E-state index in [0.717, 1.165) is 11.4 Å². The maximum Gasteiger partial charge on any atom is 0.261 e. The van der Waals surface area contributed by atoms with Gasteiger partial charge in [0, 0.05) is 35.3 Å². The van der Waals surface area contributed by atoms with Crippen LogP contribution in [-0.2, 0) is 0 Å². The van der Waals surface area contributed by atoms with E-state index in [2.05, 4.69) is 15.4 Å². The minimum absolute atomic E-state index is 0.294. The van der Waals surface area contributed by atoms with E-state index in [1.807, 2.05) is 19.9 Å². The topological polar surface area (TPSA) is 77.8 Å². The van der Waals surface area contributed by atoms with Crippen molar-refractivity contribution < 1.29 is 14.3 Å². The molecular formula is C17H18N4O3. The van der Waals surface area contributed by atoms with E-state index < -0.39 is 0 Å². The molecule has 24 heavy (non-hydrogen) atoms. The molecule has 0 spiro atoms. The van der Waals surface area contributed by atoms with Crippen LogP contribution in [0.4, 0.5) is 5.69 Å². The zero-order valence-electron chi connectivity index (χ0n) is 14.0. The zero-order valence-corrected chi connectivity index (χ0v) is 14.0. The van der Waals surface area contributed by atoms with Gasteiger partial charge < -0.3 is 14.8 Å². The molecule has 7 nitrogen and oxygen atoms in total. The van der Waals surface area contributed by atoms with E-state index in [0.29, 0.717) is 28.4 Å². The number of aromatic nitrogens is 3. The maximum absolute atomic E-state index is 12.6. The van der Waals surface area contributed by atoms with Crippen LogP contribution < -0.4 is 14.8 Å². The smallest absolute Gasteiger partial charge is 0.261 e. The summed E-state index contributed by atoms with van der Waals surface area (Å²) in [5.74, 6) is 0.890. The first kappa shape index (κ1) is 15.8. The first-order chi connectivity index (χ1) is 11.5. The number of fused-ring (bicyclic) bond motifs is 1. The molecule has 0 aliphatic carbocycles. The van der Waals surface area contributed by atoms with Crippen LogP contribution in [0, 0.1) is 13.8 Å². The van der Waals surface area contributed by atoms with Crippen molar-refractivity contribution in [3.05, 3.63) is 47.4 Å². The fourth-order valence-electron chi connectivity index (χ4n) is 2.51.